The SMILES string of the molecule is C#C[C@]1(O)CCC2C3C(C)CC4=C(CCC(=O)C4)C3CC[C@@]21C. The maximum Gasteiger partial charge on any atom is 0.137 e. The monoisotopic (exact) mass is 312 g/mol. The van der Waals surface area contributed by atoms with Crippen LogP contribution in [0.2, 0.25) is 0 Å². The summed E-state index contributed by atoms with van der Waals surface area (Å²) in [5, 5.41) is 11.0. The number of terminal acetylenes is 1. The second-order valence-electron chi connectivity index (χ2n) is 8.82. The van der Waals surface area contributed by atoms with Gasteiger partial charge in [0.1, 0.15) is 11.4 Å². The summed E-state index contributed by atoms with van der Waals surface area (Å²) in [6, 6.07) is 0. The number of carbonyl (C=O) groups excluding carboxylic acids is 1. The smallest absolute Gasteiger partial charge is 0.137 e. The summed E-state index contributed by atoms with van der Waals surface area (Å²) < 4.78 is 0. The van der Waals surface area contributed by atoms with Crippen molar-refractivity contribution < 1.29 is 9.90 Å². The van der Waals surface area contributed by atoms with E-state index in [9.17, 15) is 9.90 Å². The third-order valence-electron chi connectivity index (χ3n) is 7.93. The van der Waals surface area contributed by atoms with Crippen LogP contribution in [0.5, 0.6) is 0 Å². The molecule has 0 aliphatic heterocycles. The molecule has 2 fully saturated rings. The fraction of sp³-hybridized carbons (Fsp3) is 0.762. The third kappa shape index (κ3) is 1.96. The minimum absolute atomic E-state index is 0.125. The Bertz CT molecular complexity index is 624. The number of aliphatic hydroxyl groups is 1. The summed E-state index contributed by atoms with van der Waals surface area (Å²) in [7, 11) is 0. The molecule has 0 spiro atoms. The Morgan fingerprint density at radius 3 is 2.78 bits per heavy atom. The van der Waals surface area contributed by atoms with E-state index in [1.54, 1.807) is 5.57 Å². The van der Waals surface area contributed by atoms with E-state index in [2.05, 4.69) is 19.8 Å². The normalized spacial score (nSPS) is 49.2. The van der Waals surface area contributed by atoms with Gasteiger partial charge >= 0.3 is 0 Å². The standard InChI is InChI=1S/C21H28O2/c1-4-21(23)10-8-18-19-13(2)11-14-12-15(22)5-6-16(14)17(19)7-9-20(18,21)3/h1,13,17-19,23H,5-12H2,2-3H3/t13?,17?,18?,19?,20-,21-/m0/s1. The number of ketones is 1. The number of fused-ring (bicyclic) bond motifs is 4. The first-order valence-corrected chi connectivity index (χ1v) is 9.32. The van der Waals surface area contributed by atoms with Gasteiger partial charge in [-0.15, -0.1) is 6.42 Å². The lowest BCUT2D eigenvalue weighted by atomic mass is 9.50. The molecule has 2 saturated carbocycles. The first kappa shape index (κ1) is 15.5. The lowest BCUT2D eigenvalue weighted by Gasteiger charge is -2.55. The van der Waals surface area contributed by atoms with Gasteiger partial charge in [-0.2, -0.15) is 0 Å². The average molecular weight is 312 g/mol. The predicted octanol–water partition coefficient (Wildman–Crippen LogP) is 3.88. The summed E-state index contributed by atoms with van der Waals surface area (Å²) in [6.45, 7) is 4.60. The highest BCUT2D eigenvalue weighted by molar-refractivity contribution is 5.82. The third-order valence-corrected chi connectivity index (χ3v) is 7.93. The lowest BCUT2D eigenvalue weighted by molar-refractivity contribution is -0.119. The van der Waals surface area contributed by atoms with E-state index in [0.717, 1.165) is 44.9 Å². The first-order chi connectivity index (χ1) is 10.9. The number of rotatable bonds is 0. The zero-order valence-electron chi connectivity index (χ0n) is 14.4. The molecule has 2 nitrogen and oxygen atoms in total. The Kier molecular flexibility index (Phi) is 3.34. The summed E-state index contributed by atoms with van der Waals surface area (Å²) in [5.41, 5.74) is 2.04. The van der Waals surface area contributed by atoms with Gasteiger partial charge in [-0.3, -0.25) is 4.79 Å². The minimum atomic E-state index is -0.917. The van der Waals surface area contributed by atoms with Crippen molar-refractivity contribution in [2.75, 3.05) is 0 Å². The van der Waals surface area contributed by atoms with Crippen LogP contribution in [0.15, 0.2) is 11.1 Å². The highest BCUT2D eigenvalue weighted by atomic mass is 16.3. The summed E-state index contributed by atoms with van der Waals surface area (Å²) in [6.07, 6.45) is 13.2. The van der Waals surface area contributed by atoms with Crippen molar-refractivity contribution in [2.24, 2.45) is 29.1 Å². The van der Waals surface area contributed by atoms with Gasteiger partial charge in [-0.25, -0.2) is 0 Å². The van der Waals surface area contributed by atoms with E-state index in [1.165, 1.54) is 5.57 Å². The quantitative estimate of drug-likeness (QED) is 0.544. The van der Waals surface area contributed by atoms with Crippen LogP contribution in [0.1, 0.15) is 65.2 Å². The van der Waals surface area contributed by atoms with Gasteiger partial charge < -0.3 is 5.11 Å². The van der Waals surface area contributed by atoms with E-state index in [0.29, 0.717) is 35.9 Å². The highest BCUT2D eigenvalue weighted by Crippen LogP contribution is 2.65. The highest BCUT2D eigenvalue weighted by Gasteiger charge is 2.62. The molecular weight excluding hydrogens is 284 g/mol. The van der Waals surface area contributed by atoms with Crippen LogP contribution in [-0.4, -0.2) is 16.5 Å². The van der Waals surface area contributed by atoms with Crippen molar-refractivity contribution in [3.63, 3.8) is 0 Å². The fourth-order valence-corrected chi connectivity index (χ4v) is 6.72. The Labute approximate surface area is 139 Å². The van der Waals surface area contributed by atoms with E-state index in [-0.39, 0.29) is 5.41 Å². The van der Waals surface area contributed by atoms with Crippen molar-refractivity contribution in [3.05, 3.63) is 11.1 Å². The van der Waals surface area contributed by atoms with Crippen LogP contribution >= 0.6 is 0 Å². The molecule has 0 saturated heterocycles. The predicted molar refractivity (Wildman–Crippen MR) is 90.5 cm³/mol. The molecule has 4 unspecified atom stereocenters. The molecule has 0 aromatic heterocycles. The van der Waals surface area contributed by atoms with E-state index < -0.39 is 5.60 Å². The van der Waals surface area contributed by atoms with Crippen LogP contribution in [0, 0.1) is 41.4 Å². The van der Waals surface area contributed by atoms with Crippen molar-refractivity contribution in [1.29, 1.82) is 0 Å². The molecule has 0 aromatic carbocycles. The molecule has 4 aliphatic rings. The van der Waals surface area contributed by atoms with Gasteiger partial charge in [0.25, 0.3) is 0 Å². The topological polar surface area (TPSA) is 37.3 Å². The van der Waals surface area contributed by atoms with Crippen LogP contribution in [0.25, 0.3) is 0 Å². The Morgan fingerprint density at radius 1 is 1.26 bits per heavy atom. The molecule has 124 valence electrons. The summed E-state index contributed by atoms with van der Waals surface area (Å²) in [5.74, 6) is 5.60. The zero-order valence-corrected chi connectivity index (χ0v) is 14.4. The molecule has 0 heterocycles. The van der Waals surface area contributed by atoms with Crippen molar-refractivity contribution in [3.8, 4) is 12.3 Å². The van der Waals surface area contributed by atoms with Gasteiger partial charge in [0.15, 0.2) is 0 Å². The van der Waals surface area contributed by atoms with Gasteiger partial charge in [0.05, 0.1) is 0 Å². The second-order valence-corrected chi connectivity index (χ2v) is 8.82. The molecule has 1 N–H and O–H groups in total. The first-order valence-electron chi connectivity index (χ1n) is 9.32. The number of hydrogen-bond donors (Lipinski definition) is 1. The maximum absolute atomic E-state index is 11.9. The molecule has 0 radical (unpaired) electrons. The van der Waals surface area contributed by atoms with Gasteiger partial charge in [0, 0.05) is 18.3 Å². The molecule has 4 aliphatic carbocycles. The van der Waals surface area contributed by atoms with Crippen LogP contribution < -0.4 is 0 Å². The van der Waals surface area contributed by atoms with Crippen molar-refractivity contribution >= 4 is 5.78 Å². The fourth-order valence-electron chi connectivity index (χ4n) is 6.72. The van der Waals surface area contributed by atoms with E-state index in [1.807, 2.05) is 0 Å². The van der Waals surface area contributed by atoms with Crippen LogP contribution in [-0.2, 0) is 4.79 Å². The molecule has 0 amide bonds. The molecule has 2 heteroatoms. The number of Topliss-reactive ketones (excluding diaryl/α,β-unsaturated/α-hetero) is 1. The van der Waals surface area contributed by atoms with E-state index in [4.69, 9.17) is 6.42 Å². The molecule has 6 atom stereocenters. The van der Waals surface area contributed by atoms with Crippen molar-refractivity contribution in [1.82, 2.24) is 0 Å². The van der Waals surface area contributed by atoms with Crippen LogP contribution in [0.3, 0.4) is 0 Å². The molecule has 0 bridgehead atoms. The van der Waals surface area contributed by atoms with Gasteiger partial charge in [-0.05, 0) is 62.2 Å². The van der Waals surface area contributed by atoms with Crippen molar-refractivity contribution in [2.45, 2.75) is 70.8 Å². The Morgan fingerprint density at radius 2 is 2.04 bits per heavy atom. The zero-order chi connectivity index (χ0) is 16.4. The summed E-state index contributed by atoms with van der Waals surface area (Å²) in [4.78, 5) is 11.9. The minimum Gasteiger partial charge on any atom is -0.377 e. The average Bonchev–Trinajstić information content (AvgIpc) is 2.79. The largest absolute Gasteiger partial charge is 0.377 e. The Hall–Kier alpha value is -1.07. The molecule has 23 heavy (non-hydrogen) atoms. The maximum atomic E-state index is 11.9. The molecule has 4 rings (SSSR count). The second kappa shape index (κ2) is 4.96. The van der Waals surface area contributed by atoms with Gasteiger partial charge in [-0.1, -0.05) is 30.9 Å². The molecule has 0 aromatic rings. The lowest BCUT2D eigenvalue weighted by Crippen LogP contribution is -2.52. The van der Waals surface area contributed by atoms with Crippen LogP contribution in [0.4, 0.5) is 0 Å². The summed E-state index contributed by atoms with van der Waals surface area (Å²) >= 11 is 0. The van der Waals surface area contributed by atoms with E-state index >= 15 is 0 Å². The van der Waals surface area contributed by atoms with Gasteiger partial charge in [0.2, 0.25) is 0 Å². The number of carbonyl (C=O) groups is 1. The Balaban J connectivity index is 1.72. The number of allylic oxidation sites excluding steroid dienone is 2. The number of hydrogen-bond acceptors (Lipinski definition) is 2. The molecular formula is C21H28O2.